The third kappa shape index (κ3) is 4.41. The first-order valence-corrected chi connectivity index (χ1v) is 13.8. The lowest BCUT2D eigenvalue weighted by atomic mass is 9.61. The lowest BCUT2D eigenvalue weighted by Gasteiger charge is -2.57. The molecule has 1 unspecified atom stereocenters. The fourth-order valence-electron chi connectivity index (χ4n) is 6.35. The quantitative estimate of drug-likeness (QED) is 0.470. The van der Waals surface area contributed by atoms with Crippen LogP contribution in [-0.2, 0) is 5.60 Å². The maximum atomic E-state index is 12.6. The summed E-state index contributed by atoms with van der Waals surface area (Å²) in [6.45, 7) is 8.27. The van der Waals surface area contributed by atoms with Gasteiger partial charge in [-0.25, -0.2) is 0 Å². The lowest BCUT2D eigenvalue weighted by molar-refractivity contribution is -0.138. The highest BCUT2D eigenvalue weighted by Crippen LogP contribution is 2.53. The summed E-state index contributed by atoms with van der Waals surface area (Å²) in [4.78, 5) is 11.7. The summed E-state index contributed by atoms with van der Waals surface area (Å²) in [5, 5.41) is 26.7. The third-order valence-electron chi connectivity index (χ3n) is 8.94. The molecule has 1 aromatic carbocycles. The Kier molecular flexibility index (Phi) is 6.21. The summed E-state index contributed by atoms with van der Waals surface area (Å²) in [5.41, 5.74) is 2.09. The van der Waals surface area contributed by atoms with Crippen molar-refractivity contribution in [3.05, 3.63) is 65.3 Å². The van der Waals surface area contributed by atoms with Crippen LogP contribution in [0.25, 0.3) is 11.4 Å². The van der Waals surface area contributed by atoms with Crippen LogP contribution in [0.15, 0.2) is 47.2 Å². The summed E-state index contributed by atoms with van der Waals surface area (Å²) in [7, 11) is 0. The van der Waals surface area contributed by atoms with E-state index in [0.717, 1.165) is 55.5 Å². The third-order valence-corrected chi connectivity index (χ3v) is 8.94. The fraction of sp³-hybridized carbons (Fsp3) is 0.567. The Morgan fingerprint density at radius 1 is 1.00 bits per heavy atom. The van der Waals surface area contributed by atoms with Crippen LogP contribution in [0.2, 0.25) is 0 Å². The van der Waals surface area contributed by atoms with E-state index in [4.69, 9.17) is 9.51 Å². The Hall–Kier alpha value is -2.61. The van der Waals surface area contributed by atoms with Crippen LogP contribution in [0.5, 0.6) is 0 Å². The van der Waals surface area contributed by atoms with Gasteiger partial charge in [0, 0.05) is 54.0 Å². The maximum absolute atomic E-state index is 12.6. The van der Waals surface area contributed by atoms with E-state index < -0.39 is 5.60 Å². The summed E-state index contributed by atoms with van der Waals surface area (Å²) < 4.78 is 5.65. The SMILES string of the molecule is CC(C)c1ccc(C(O)(c2cncc(-c3noc([C@H]4CC[C@H](O)CC4)n3)c2)C2(C)CN(C3CC3)C2)cc1. The maximum Gasteiger partial charge on any atom is 0.230 e. The number of aliphatic hydroxyl groups excluding tert-OH is 1. The van der Waals surface area contributed by atoms with Gasteiger partial charge in [-0.1, -0.05) is 50.2 Å². The molecular weight excluding hydrogens is 464 g/mol. The van der Waals surface area contributed by atoms with Crippen molar-refractivity contribution in [2.24, 2.45) is 5.41 Å². The number of hydrogen-bond donors (Lipinski definition) is 2. The second-order valence-corrected chi connectivity index (χ2v) is 12.1. The van der Waals surface area contributed by atoms with E-state index in [0.29, 0.717) is 23.7 Å². The number of hydrogen-bond acceptors (Lipinski definition) is 7. The molecule has 2 aromatic heterocycles. The van der Waals surface area contributed by atoms with Crippen molar-refractivity contribution in [2.75, 3.05) is 13.1 Å². The molecule has 2 aliphatic carbocycles. The normalized spacial score (nSPS) is 25.6. The van der Waals surface area contributed by atoms with Crippen LogP contribution >= 0.6 is 0 Å². The first-order chi connectivity index (χ1) is 17.8. The molecule has 3 aliphatic rings. The standard InChI is InChI=1S/C30H38N4O3/c1-19(2)20-4-8-23(9-5-20)30(36,29(3)17-34(18-29)25-10-11-25)24-14-22(15-31-16-24)27-32-28(37-33-27)21-6-12-26(35)13-7-21/h4-5,8-9,14-16,19,21,25-26,35-36H,6-7,10-13,17-18H2,1-3H3/t21-,26-,30?. The van der Waals surface area contributed by atoms with Gasteiger partial charge in [-0.2, -0.15) is 4.98 Å². The van der Waals surface area contributed by atoms with E-state index >= 15 is 0 Å². The summed E-state index contributed by atoms with van der Waals surface area (Å²) >= 11 is 0. The van der Waals surface area contributed by atoms with E-state index in [2.05, 4.69) is 60.1 Å². The second-order valence-electron chi connectivity index (χ2n) is 12.1. The van der Waals surface area contributed by atoms with E-state index in [1.807, 2.05) is 6.07 Å². The zero-order valence-electron chi connectivity index (χ0n) is 22.1. The summed E-state index contributed by atoms with van der Waals surface area (Å²) in [6, 6.07) is 11.1. The van der Waals surface area contributed by atoms with Crippen LogP contribution < -0.4 is 0 Å². The fourth-order valence-corrected chi connectivity index (χ4v) is 6.35. The molecule has 7 nitrogen and oxygen atoms in total. The van der Waals surface area contributed by atoms with Crippen molar-refractivity contribution in [3.63, 3.8) is 0 Å². The molecule has 2 saturated carbocycles. The van der Waals surface area contributed by atoms with E-state index in [-0.39, 0.29) is 17.4 Å². The molecule has 0 spiro atoms. The van der Waals surface area contributed by atoms with Crippen molar-refractivity contribution >= 4 is 0 Å². The Labute approximate surface area is 218 Å². The first kappa shape index (κ1) is 24.7. The average Bonchev–Trinajstić information content (AvgIpc) is 3.62. The van der Waals surface area contributed by atoms with Gasteiger partial charge >= 0.3 is 0 Å². The molecule has 1 aliphatic heterocycles. The van der Waals surface area contributed by atoms with Crippen molar-refractivity contribution in [3.8, 4) is 11.4 Å². The van der Waals surface area contributed by atoms with E-state index in [9.17, 15) is 10.2 Å². The predicted octanol–water partition coefficient (Wildman–Crippen LogP) is 4.99. The molecule has 3 heterocycles. The largest absolute Gasteiger partial charge is 0.393 e. The molecule has 196 valence electrons. The number of aliphatic hydroxyl groups is 2. The molecule has 3 fully saturated rings. The van der Waals surface area contributed by atoms with Crippen LogP contribution in [0.4, 0.5) is 0 Å². The molecule has 6 rings (SSSR count). The van der Waals surface area contributed by atoms with Crippen molar-refractivity contribution in [1.29, 1.82) is 0 Å². The minimum absolute atomic E-state index is 0.180. The number of pyridine rings is 1. The number of likely N-dealkylation sites (tertiary alicyclic amines) is 1. The smallest absolute Gasteiger partial charge is 0.230 e. The number of benzene rings is 1. The average molecular weight is 503 g/mol. The molecular formula is C30H38N4O3. The summed E-state index contributed by atoms with van der Waals surface area (Å²) in [5.74, 6) is 1.72. The molecule has 3 aromatic rings. The van der Waals surface area contributed by atoms with Crippen LogP contribution in [0, 0.1) is 5.41 Å². The Morgan fingerprint density at radius 3 is 2.35 bits per heavy atom. The molecule has 2 N–H and O–H groups in total. The highest BCUT2D eigenvalue weighted by Gasteiger charge is 2.58. The first-order valence-electron chi connectivity index (χ1n) is 13.8. The van der Waals surface area contributed by atoms with Crippen molar-refractivity contribution in [2.45, 2.75) is 88.9 Å². The van der Waals surface area contributed by atoms with Gasteiger partial charge in [0.15, 0.2) is 0 Å². The number of rotatable bonds is 7. The van der Waals surface area contributed by atoms with Gasteiger partial charge in [-0.05, 0) is 61.6 Å². The Balaban J connectivity index is 1.34. The second kappa shape index (κ2) is 9.29. The number of nitrogens with zero attached hydrogens (tertiary/aromatic N) is 4. The monoisotopic (exact) mass is 502 g/mol. The highest BCUT2D eigenvalue weighted by atomic mass is 16.5. The zero-order chi connectivity index (χ0) is 25.8. The van der Waals surface area contributed by atoms with E-state index in [1.165, 1.54) is 18.4 Å². The predicted molar refractivity (Wildman–Crippen MR) is 141 cm³/mol. The van der Waals surface area contributed by atoms with Gasteiger partial charge < -0.3 is 14.7 Å². The minimum atomic E-state index is -1.21. The molecule has 0 bridgehead atoms. The van der Waals surface area contributed by atoms with Gasteiger partial charge in [0.05, 0.1) is 6.10 Å². The van der Waals surface area contributed by atoms with Gasteiger partial charge in [0.2, 0.25) is 11.7 Å². The zero-order valence-corrected chi connectivity index (χ0v) is 22.1. The molecule has 1 saturated heterocycles. The molecule has 1 atom stereocenters. The topological polar surface area (TPSA) is 95.5 Å². The molecule has 0 amide bonds. The van der Waals surface area contributed by atoms with Crippen LogP contribution in [0.1, 0.15) is 93.7 Å². The van der Waals surface area contributed by atoms with Crippen molar-refractivity contribution in [1.82, 2.24) is 20.0 Å². The lowest BCUT2D eigenvalue weighted by Crippen LogP contribution is -2.65. The van der Waals surface area contributed by atoms with Gasteiger partial charge in [0.1, 0.15) is 5.60 Å². The Morgan fingerprint density at radius 2 is 1.70 bits per heavy atom. The summed E-state index contributed by atoms with van der Waals surface area (Å²) in [6.07, 6.45) is 9.04. The Bertz CT molecular complexity index is 1240. The van der Waals surface area contributed by atoms with Crippen LogP contribution in [-0.4, -0.2) is 55.5 Å². The molecule has 37 heavy (non-hydrogen) atoms. The molecule has 7 heteroatoms. The van der Waals surface area contributed by atoms with Gasteiger partial charge in [0.25, 0.3) is 0 Å². The van der Waals surface area contributed by atoms with Crippen LogP contribution in [0.3, 0.4) is 0 Å². The van der Waals surface area contributed by atoms with Gasteiger partial charge in [-0.3, -0.25) is 9.88 Å². The van der Waals surface area contributed by atoms with Gasteiger partial charge in [-0.15, -0.1) is 0 Å². The van der Waals surface area contributed by atoms with Crippen molar-refractivity contribution < 1.29 is 14.7 Å². The highest BCUT2D eigenvalue weighted by molar-refractivity contribution is 5.56. The minimum Gasteiger partial charge on any atom is -0.393 e. The molecule has 0 radical (unpaired) electrons. The number of aromatic nitrogens is 3. The van der Waals surface area contributed by atoms with E-state index in [1.54, 1.807) is 12.4 Å².